The first-order valence-corrected chi connectivity index (χ1v) is 6.45. The third kappa shape index (κ3) is 1.59. The van der Waals surface area contributed by atoms with Crippen LogP contribution in [-0.2, 0) is 0 Å². The van der Waals surface area contributed by atoms with Crippen molar-refractivity contribution in [3.05, 3.63) is 0 Å². The SMILES string of the molecule is C1CC[C@H]2N[C@@H](C1)[C@H]1CCCC[C@H]2N1. The Bertz CT molecular complexity index is 162. The molecule has 3 aliphatic heterocycles. The van der Waals surface area contributed by atoms with Gasteiger partial charge in [0, 0.05) is 24.2 Å². The molecule has 0 radical (unpaired) electrons. The fraction of sp³-hybridized carbons (Fsp3) is 1.00. The highest BCUT2D eigenvalue weighted by Crippen LogP contribution is 2.28. The predicted molar refractivity (Wildman–Crippen MR) is 58.4 cm³/mol. The van der Waals surface area contributed by atoms with Crippen molar-refractivity contribution < 1.29 is 0 Å². The Morgan fingerprint density at radius 2 is 0.786 bits per heavy atom. The summed E-state index contributed by atoms with van der Waals surface area (Å²) in [5.41, 5.74) is 0. The summed E-state index contributed by atoms with van der Waals surface area (Å²) in [4.78, 5) is 0. The van der Waals surface area contributed by atoms with E-state index in [1.54, 1.807) is 0 Å². The van der Waals surface area contributed by atoms with E-state index in [0.29, 0.717) is 0 Å². The molecule has 3 heterocycles. The normalized spacial score (nSPS) is 48.0. The molecule has 4 atom stereocenters. The summed E-state index contributed by atoms with van der Waals surface area (Å²) >= 11 is 0. The number of fused-ring (bicyclic) bond motifs is 6. The summed E-state index contributed by atoms with van der Waals surface area (Å²) in [7, 11) is 0. The highest BCUT2D eigenvalue weighted by molar-refractivity contribution is 5.00. The van der Waals surface area contributed by atoms with Crippen molar-refractivity contribution in [3.8, 4) is 0 Å². The molecular weight excluding hydrogens is 172 g/mol. The van der Waals surface area contributed by atoms with Gasteiger partial charge in [0.25, 0.3) is 0 Å². The van der Waals surface area contributed by atoms with Crippen molar-refractivity contribution in [2.24, 2.45) is 0 Å². The van der Waals surface area contributed by atoms with E-state index in [-0.39, 0.29) is 0 Å². The van der Waals surface area contributed by atoms with Gasteiger partial charge in [0.2, 0.25) is 0 Å². The van der Waals surface area contributed by atoms with Crippen LogP contribution in [0.1, 0.15) is 51.4 Å². The van der Waals surface area contributed by atoms with Gasteiger partial charge in [-0.15, -0.1) is 0 Å². The maximum Gasteiger partial charge on any atom is 0.0224 e. The minimum atomic E-state index is 0.789. The second-order valence-electron chi connectivity index (χ2n) is 5.33. The molecule has 3 aliphatic rings. The van der Waals surface area contributed by atoms with E-state index >= 15 is 0 Å². The lowest BCUT2D eigenvalue weighted by molar-refractivity contribution is 0.211. The lowest BCUT2D eigenvalue weighted by atomic mass is 9.95. The van der Waals surface area contributed by atoms with Crippen LogP contribution in [0.4, 0.5) is 0 Å². The van der Waals surface area contributed by atoms with Crippen molar-refractivity contribution in [3.63, 3.8) is 0 Å². The average molecular weight is 194 g/mol. The lowest BCUT2D eigenvalue weighted by Gasteiger charge is -2.41. The van der Waals surface area contributed by atoms with Gasteiger partial charge in [-0.1, -0.05) is 25.7 Å². The molecule has 0 aliphatic carbocycles. The summed E-state index contributed by atoms with van der Waals surface area (Å²) in [6, 6.07) is 3.15. The second kappa shape index (κ2) is 3.82. The Labute approximate surface area is 86.8 Å². The lowest BCUT2D eigenvalue weighted by Crippen LogP contribution is -2.64. The van der Waals surface area contributed by atoms with Gasteiger partial charge in [0.15, 0.2) is 0 Å². The van der Waals surface area contributed by atoms with Gasteiger partial charge in [-0.3, -0.25) is 0 Å². The monoisotopic (exact) mass is 194 g/mol. The molecular formula is C12H22N2. The highest BCUT2D eigenvalue weighted by atomic mass is 15.2. The van der Waals surface area contributed by atoms with E-state index in [1.807, 2.05) is 0 Å². The summed E-state index contributed by atoms with van der Waals surface area (Å²) in [5, 5.41) is 7.79. The van der Waals surface area contributed by atoms with E-state index in [0.717, 1.165) is 24.2 Å². The molecule has 4 bridgehead atoms. The van der Waals surface area contributed by atoms with Gasteiger partial charge in [0.1, 0.15) is 0 Å². The van der Waals surface area contributed by atoms with Crippen LogP contribution in [0.2, 0.25) is 0 Å². The number of hydrogen-bond acceptors (Lipinski definition) is 2. The van der Waals surface area contributed by atoms with Crippen molar-refractivity contribution in [1.29, 1.82) is 0 Å². The molecule has 2 nitrogen and oxygen atoms in total. The van der Waals surface area contributed by atoms with Crippen LogP contribution in [0.5, 0.6) is 0 Å². The summed E-state index contributed by atoms with van der Waals surface area (Å²) < 4.78 is 0. The molecule has 0 aromatic carbocycles. The van der Waals surface area contributed by atoms with E-state index in [2.05, 4.69) is 10.6 Å². The van der Waals surface area contributed by atoms with Gasteiger partial charge >= 0.3 is 0 Å². The molecule has 0 saturated carbocycles. The smallest absolute Gasteiger partial charge is 0.0224 e. The molecule has 0 unspecified atom stereocenters. The Balaban J connectivity index is 1.81. The molecule has 2 heteroatoms. The van der Waals surface area contributed by atoms with Crippen molar-refractivity contribution >= 4 is 0 Å². The van der Waals surface area contributed by atoms with Gasteiger partial charge in [0.05, 0.1) is 0 Å². The number of piperazine rings is 1. The molecule has 3 rings (SSSR count). The zero-order valence-electron chi connectivity index (χ0n) is 8.97. The van der Waals surface area contributed by atoms with E-state index in [9.17, 15) is 0 Å². The molecule has 0 amide bonds. The van der Waals surface area contributed by atoms with Crippen molar-refractivity contribution in [2.75, 3.05) is 0 Å². The minimum absolute atomic E-state index is 0.789. The fourth-order valence-corrected chi connectivity index (χ4v) is 3.61. The molecule has 0 aromatic rings. The summed E-state index contributed by atoms with van der Waals surface area (Å²) in [5.74, 6) is 0. The van der Waals surface area contributed by atoms with Gasteiger partial charge in [-0.25, -0.2) is 0 Å². The van der Waals surface area contributed by atoms with E-state index in [4.69, 9.17) is 0 Å². The first-order chi connectivity index (χ1) is 6.93. The predicted octanol–water partition coefficient (Wildman–Crippen LogP) is 1.80. The zero-order chi connectivity index (χ0) is 9.38. The van der Waals surface area contributed by atoms with Crippen LogP contribution in [0.15, 0.2) is 0 Å². The van der Waals surface area contributed by atoms with Crippen LogP contribution in [0.25, 0.3) is 0 Å². The zero-order valence-corrected chi connectivity index (χ0v) is 8.97. The first kappa shape index (κ1) is 9.17. The van der Waals surface area contributed by atoms with Crippen molar-refractivity contribution in [1.82, 2.24) is 10.6 Å². The van der Waals surface area contributed by atoms with Gasteiger partial charge < -0.3 is 10.6 Å². The maximum absolute atomic E-state index is 3.89. The van der Waals surface area contributed by atoms with Crippen LogP contribution >= 0.6 is 0 Å². The van der Waals surface area contributed by atoms with Gasteiger partial charge in [-0.2, -0.15) is 0 Å². The van der Waals surface area contributed by atoms with Crippen LogP contribution < -0.4 is 10.6 Å². The number of rotatable bonds is 0. The Morgan fingerprint density at radius 3 is 1.07 bits per heavy atom. The topological polar surface area (TPSA) is 24.1 Å². The van der Waals surface area contributed by atoms with Crippen LogP contribution in [0, 0.1) is 0 Å². The standard InChI is InChI=1S/C12H22N2/c1-2-6-10-12-8-4-3-7-11(14-12)9(5-1)13-10/h9-14H,1-8H2/t9-,10-,11-,12+/m1/s1. The Hall–Kier alpha value is -0.0800. The number of hydrogen-bond donors (Lipinski definition) is 2. The van der Waals surface area contributed by atoms with Crippen LogP contribution in [-0.4, -0.2) is 24.2 Å². The molecule has 0 aromatic heterocycles. The largest absolute Gasteiger partial charge is 0.308 e. The molecule has 2 N–H and O–H groups in total. The Morgan fingerprint density at radius 1 is 0.500 bits per heavy atom. The number of nitrogens with one attached hydrogen (secondary N) is 2. The summed E-state index contributed by atoms with van der Waals surface area (Å²) in [6.45, 7) is 0. The second-order valence-corrected chi connectivity index (χ2v) is 5.33. The molecule has 3 saturated heterocycles. The van der Waals surface area contributed by atoms with E-state index < -0.39 is 0 Å². The third-order valence-corrected chi connectivity index (χ3v) is 4.39. The third-order valence-electron chi connectivity index (χ3n) is 4.39. The molecule has 14 heavy (non-hydrogen) atoms. The average Bonchev–Trinajstić information content (AvgIpc) is 2.50. The minimum Gasteiger partial charge on any atom is -0.308 e. The molecule has 0 spiro atoms. The first-order valence-electron chi connectivity index (χ1n) is 6.45. The van der Waals surface area contributed by atoms with Gasteiger partial charge in [-0.05, 0) is 25.7 Å². The van der Waals surface area contributed by atoms with E-state index in [1.165, 1.54) is 51.4 Å². The molecule has 80 valence electrons. The van der Waals surface area contributed by atoms with Crippen LogP contribution in [0.3, 0.4) is 0 Å². The molecule has 3 fully saturated rings. The van der Waals surface area contributed by atoms with Crippen molar-refractivity contribution in [2.45, 2.75) is 75.5 Å². The Kier molecular flexibility index (Phi) is 2.50. The maximum atomic E-state index is 3.89. The quantitative estimate of drug-likeness (QED) is 0.614. The summed E-state index contributed by atoms with van der Waals surface area (Å²) in [6.07, 6.45) is 11.4. The highest BCUT2D eigenvalue weighted by Gasteiger charge is 2.37. The fourth-order valence-electron chi connectivity index (χ4n) is 3.61.